The number of hydrogen-bond acceptors (Lipinski definition) is 7. The normalized spacial score (nSPS) is 15.1. The van der Waals surface area contributed by atoms with Crippen LogP contribution in [0.5, 0.6) is 5.75 Å². The van der Waals surface area contributed by atoms with Crippen molar-refractivity contribution in [3.63, 3.8) is 0 Å². The lowest BCUT2D eigenvalue weighted by molar-refractivity contribution is 0.203. The van der Waals surface area contributed by atoms with Crippen LogP contribution < -0.4 is 15.4 Å². The van der Waals surface area contributed by atoms with Crippen LogP contribution in [0.4, 0.5) is 11.8 Å². The number of ether oxygens (including phenoxy) is 1. The van der Waals surface area contributed by atoms with Crippen molar-refractivity contribution in [3.05, 3.63) is 60.0 Å². The Balaban J connectivity index is 1.51. The first kappa shape index (κ1) is 21.1. The third-order valence-corrected chi connectivity index (χ3v) is 5.84. The van der Waals surface area contributed by atoms with E-state index in [1.165, 1.54) is 5.56 Å². The molecule has 1 aliphatic heterocycles. The first-order valence-electron chi connectivity index (χ1n) is 10.6. The lowest BCUT2D eigenvalue weighted by atomic mass is 9.89. The van der Waals surface area contributed by atoms with Gasteiger partial charge in [-0.1, -0.05) is 12.1 Å². The van der Waals surface area contributed by atoms with Gasteiger partial charge in [-0.25, -0.2) is 15.0 Å². The van der Waals surface area contributed by atoms with Gasteiger partial charge >= 0.3 is 0 Å². The van der Waals surface area contributed by atoms with Crippen LogP contribution >= 0.6 is 0 Å². The predicted molar refractivity (Wildman–Crippen MR) is 124 cm³/mol. The molecule has 162 valence electrons. The summed E-state index contributed by atoms with van der Waals surface area (Å²) in [5.74, 6) is 2.54. The number of nitrogens with zero attached hydrogens (tertiary/aromatic N) is 5. The van der Waals surface area contributed by atoms with Crippen LogP contribution in [0.3, 0.4) is 0 Å². The van der Waals surface area contributed by atoms with E-state index in [4.69, 9.17) is 15.5 Å². The molecule has 0 spiro atoms. The summed E-state index contributed by atoms with van der Waals surface area (Å²) in [4.78, 5) is 18.2. The van der Waals surface area contributed by atoms with Gasteiger partial charge in [-0.3, -0.25) is 4.90 Å². The van der Waals surface area contributed by atoms with Crippen molar-refractivity contribution in [3.8, 4) is 16.9 Å². The van der Waals surface area contributed by atoms with E-state index in [2.05, 4.69) is 27.0 Å². The van der Waals surface area contributed by atoms with Gasteiger partial charge in [0.2, 0.25) is 5.95 Å². The van der Waals surface area contributed by atoms with Gasteiger partial charge in [0.15, 0.2) is 0 Å². The first-order valence-corrected chi connectivity index (χ1v) is 10.6. The Kier molecular flexibility index (Phi) is 6.32. The minimum Gasteiger partial charge on any atom is -0.497 e. The van der Waals surface area contributed by atoms with Gasteiger partial charge in [0.05, 0.1) is 12.8 Å². The fraction of sp³-hybridized carbons (Fsp3) is 0.375. The zero-order chi connectivity index (χ0) is 21.8. The number of likely N-dealkylation sites (tertiary alicyclic amines) is 1. The number of methoxy groups -OCH3 is 1. The number of anilines is 2. The van der Waals surface area contributed by atoms with Crippen LogP contribution in [0.2, 0.25) is 0 Å². The SMILES string of the molecule is COc1ccc(CN2CCC(c3nc(N(C)C)ncc3-c3ccc(N)nc3)CC2)cc1. The molecule has 1 aromatic carbocycles. The molecule has 2 aromatic heterocycles. The highest BCUT2D eigenvalue weighted by atomic mass is 16.5. The van der Waals surface area contributed by atoms with Crippen LogP contribution in [0.15, 0.2) is 48.8 Å². The second-order valence-electron chi connectivity index (χ2n) is 8.23. The summed E-state index contributed by atoms with van der Waals surface area (Å²) >= 11 is 0. The summed E-state index contributed by atoms with van der Waals surface area (Å²) in [7, 11) is 5.64. The molecule has 0 saturated carbocycles. The molecule has 2 N–H and O–H groups in total. The van der Waals surface area contributed by atoms with Crippen LogP contribution in [0.1, 0.15) is 30.0 Å². The maximum atomic E-state index is 5.78. The molecule has 0 aliphatic carbocycles. The highest BCUT2D eigenvalue weighted by Gasteiger charge is 2.25. The number of nitrogens with two attached hydrogens (primary N) is 1. The van der Waals surface area contributed by atoms with Crippen LogP contribution in [-0.4, -0.2) is 54.1 Å². The number of rotatable bonds is 6. The molecule has 7 nitrogen and oxygen atoms in total. The van der Waals surface area contributed by atoms with Crippen molar-refractivity contribution >= 4 is 11.8 Å². The molecule has 31 heavy (non-hydrogen) atoms. The van der Waals surface area contributed by atoms with E-state index in [9.17, 15) is 0 Å². The fourth-order valence-corrected chi connectivity index (χ4v) is 4.05. The van der Waals surface area contributed by atoms with E-state index >= 15 is 0 Å². The molecule has 0 atom stereocenters. The van der Waals surface area contributed by atoms with E-state index in [0.29, 0.717) is 11.7 Å². The lowest BCUT2D eigenvalue weighted by Crippen LogP contribution is -2.33. The van der Waals surface area contributed by atoms with E-state index < -0.39 is 0 Å². The fourth-order valence-electron chi connectivity index (χ4n) is 4.05. The maximum Gasteiger partial charge on any atom is 0.225 e. The van der Waals surface area contributed by atoms with Gasteiger partial charge in [-0.15, -0.1) is 0 Å². The quantitative estimate of drug-likeness (QED) is 0.655. The largest absolute Gasteiger partial charge is 0.497 e. The van der Waals surface area contributed by atoms with E-state index in [1.807, 2.05) is 55.7 Å². The third-order valence-electron chi connectivity index (χ3n) is 5.84. The Hall–Kier alpha value is -3.19. The molecule has 4 rings (SSSR count). The van der Waals surface area contributed by atoms with Crippen molar-refractivity contribution in [1.82, 2.24) is 19.9 Å². The molecule has 3 aromatic rings. The Morgan fingerprint density at radius 2 is 1.77 bits per heavy atom. The van der Waals surface area contributed by atoms with Gasteiger partial charge in [-0.2, -0.15) is 0 Å². The number of nitrogen functional groups attached to an aromatic ring is 1. The standard InChI is InChI=1S/C24H30N6O/c1-29(2)24-27-15-21(19-6-9-22(25)26-14-19)23(28-24)18-10-12-30(13-11-18)16-17-4-7-20(31-3)8-5-17/h4-9,14-15,18H,10-13,16H2,1-3H3,(H2,25,26). The second kappa shape index (κ2) is 9.31. The van der Waals surface area contributed by atoms with Crippen LogP contribution in [-0.2, 0) is 6.54 Å². The number of piperidine rings is 1. The topological polar surface area (TPSA) is 80.4 Å². The molecule has 0 unspecified atom stereocenters. The smallest absolute Gasteiger partial charge is 0.225 e. The molecular weight excluding hydrogens is 388 g/mol. The van der Waals surface area contributed by atoms with E-state index in [-0.39, 0.29) is 0 Å². The molecule has 1 aliphatic rings. The molecular formula is C24H30N6O. The summed E-state index contributed by atoms with van der Waals surface area (Å²) < 4.78 is 5.26. The molecule has 1 fully saturated rings. The summed E-state index contributed by atoms with van der Waals surface area (Å²) in [6.45, 7) is 3.03. The summed E-state index contributed by atoms with van der Waals surface area (Å²) in [5, 5.41) is 0. The van der Waals surface area contributed by atoms with Crippen molar-refractivity contribution < 1.29 is 4.74 Å². The second-order valence-corrected chi connectivity index (χ2v) is 8.23. The number of hydrogen-bond donors (Lipinski definition) is 1. The lowest BCUT2D eigenvalue weighted by Gasteiger charge is -2.32. The highest BCUT2D eigenvalue weighted by Crippen LogP contribution is 2.35. The zero-order valence-corrected chi connectivity index (χ0v) is 18.5. The third kappa shape index (κ3) is 4.94. The predicted octanol–water partition coefficient (Wildman–Crippen LogP) is 3.58. The number of pyridine rings is 1. The zero-order valence-electron chi connectivity index (χ0n) is 18.5. The minimum absolute atomic E-state index is 0.390. The Labute approximate surface area is 183 Å². The van der Waals surface area contributed by atoms with Gasteiger partial charge in [-0.05, 0) is 55.8 Å². The summed E-state index contributed by atoms with van der Waals surface area (Å²) in [6, 6.07) is 12.2. The van der Waals surface area contributed by atoms with Crippen molar-refractivity contribution in [1.29, 1.82) is 0 Å². The van der Waals surface area contributed by atoms with Crippen LogP contribution in [0, 0.1) is 0 Å². The van der Waals surface area contributed by atoms with Gasteiger partial charge in [0.1, 0.15) is 11.6 Å². The number of benzene rings is 1. The molecule has 1 saturated heterocycles. The van der Waals surface area contributed by atoms with Gasteiger partial charge in [0.25, 0.3) is 0 Å². The van der Waals surface area contributed by atoms with Crippen molar-refractivity contribution in [2.24, 2.45) is 0 Å². The average molecular weight is 419 g/mol. The average Bonchev–Trinajstić information content (AvgIpc) is 2.80. The van der Waals surface area contributed by atoms with Crippen molar-refractivity contribution in [2.45, 2.75) is 25.3 Å². The maximum absolute atomic E-state index is 5.78. The Morgan fingerprint density at radius 1 is 1.03 bits per heavy atom. The molecule has 0 bridgehead atoms. The first-order chi connectivity index (χ1) is 15.0. The van der Waals surface area contributed by atoms with Gasteiger partial charge < -0.3 is 15.4 Å². The van der Waals surface area contributed by atoms with E-state index in [0.717, 1.165) is 61.0 Å². The molecule has 3 heterocycles. The molecule has 0 amide bonds. The molecule has 7 heteroatoms. The van der Waals surface area contributed by atoms with Gasteiger partial charge in [0, 0.05) is 50.1 Å². The molecule has 0 radical (unpaired) electrons. The number of aromatic nitrogens is 3. The Morgan fingerprint density at radius 3 is 2.39 bits per heavy atom. The monoisotopic (exact) mass is 418 g/mol. The Bertz CT molecular complexity index is 996. The summed E-state index contributed by atoms with van der Waals surface area (Å²) in [5.41, 5.74) is 10.3. The van der Waals surface area contributed by atoms with Crippen LogP contribution in [0.25, 0.3) is 11.1 Å². The summed E-state index contributed by atoms with van der Waals surface area (Å²) in [6.07, 6.45) is 5.87. The van der Waals surface area contributed by atoms with E-state index in [1.54, 1.807) is 7.11 Å². The van der Waals surface area contributed by atoms with Crippen molar-refractivity contribution in [2.75, 3.05) is 44.9 Å². The highest BCUT2D eigenvalue weighted by molar-refractivity contribution is 5.66. The minimum atomic E-state index is 0.390.